The first-order valence-corrected chi connectivity index (χ1v) is 11.8. The molecule has 6 nitrogen and oxygen atoms in total. The van der Waals surface area contributed by atoms with Gasteiger partial charge in [0.2, 0.25) is 5.91 Å². The summed E-state index contributed by atoms with van der Waals surface area (Å²) in [6, 6.07) is 12.3. The quantitative estimate of drug-likeness (QED) is 0.708. The first-order chi connectivity index (χ1) is 14.2. The van der Waals surface area contributed by atoms with Gasteiger partial charge in [0.15, 0.2) is 0 Å². The van der Waals surface area contributed by atoms with E-state index >= 15 is 0 Å². The molecule has 1 fully saturated rings. The van der Waals surface area contributed by atoms with Crippen LogP contribution in [0, 0.1) is 20.8 Å². The predicted molar refractivity (Wildman–Crippen MR) is 120 cm³/mol. The van der Waals surface area contributed by atoms with Gasteiger partial charge >= 0.3 is 0 Å². The SMILES string of the molecule is CCN1CCN(C(=O)CN(c2ccc(C)c(C)c2)S(=O)(=O)c2ccc(C)cc2)CC1. The number of rotatable bonds is 6. The van der Waals surface area contributed by atoms with Crippen LogP contribution >= 0.6 is 0 Å². The fraction of sp³-hybridized carbons (Fsp3) is 0.435. The summed E-state index contributed by atoms with van der Waals surface area (Å²) in [5, 5.41) is 0. The van der Waals surface area contributed by atoms with Gasteiger partial charge in [0.1, 0.15) is 6.54 Å². The predicted octanol–water partition coefficient (Wildman–Crippen LogP) is 2.97. The highest BCUT2D eigenvalue weighted by Gasteiger charge is 2.30. The molecule has 7 heteroatoms. The Hall–Kier alpha value is -2.38. The van der Waals surface area contributed by atoms with Crippen LogP contribution in [0.3, 0.4) is 0 Å². The zero-order chi connectivity index (χ0) is 21.9. The molecule has 0 atom stereocenters. The summed E-state index contributed by atoms with van der Waals surface area (Å²) in [6.07, 6.45) is 0. The van der Waals surface area contributed by atoms with Gasteiger partial charge in [-0.25, -0.2) is 8.42 Å². The topological polar surface area (TPSA) is 60.9 Å². The highest BCUT2D eigenvalue weighted by molar-refractivity contribution is 7.92. The molecule has 0 unspecified atom stereocenters. The Morgan fingerprint density at radius 3 is 2.13 bits per heavy atom. The molecule has 0 spiro atoms. The van der Waals surface area contributed by atoms with Crippen molar-refractivity contribution in [1.29, 1.82) is 0 Å². The fourth-order valence-corrected chi connectivity index (χ4v) is 4.98. The molecule has 1 aliphatic heterocycles. The third-order valence-corrected chi connectivity index (χ3v) is 7.63. The lowest BCUT2D eigenvalue weighted by Crippen LogP contribution is -2.51. The fourth-order valence-electron chi connectivity index (χ4n) is 3.57. The Morgan fingerprint density at radius 2 is 1.57 bits per heavy atom. The molecule has 0 radical (unpaired) electrons. The van der Waals surface area contributed by atoms with Crippen molar-refractivity contribution in [1.82, 2.24) is 9.80 Å². The number of piperazine rings is 1. The summed E-state index contributed by atoms with van der Waals surface area (Å²) in [7, 11) is -3.87. The first kappa shape index (κ1) is 22.3. The Labute approximate surface area is 180 Å². The van der Waals surface area contributed by atoms with Gasteiger partial charge in [0.05, 0.1) is 10.6 Å². The maximum Gasteiger partial charge on any atom is 0.264 e. The Bertz CT molecular complexity index is 995. The molecule has 1 amide bonds. The molecule has 2 aromatic carbocycles. The van der Waals surface area contributed by atoms with Crippen LogP contribution in [0.2, 0.25) is 0 Å². The summed E-state index contributed by atoms with van der Waals surface area (Å²) in [4.78, 5) is 17.3. The summed E-state index contributed by atoms with van der Waals surface area (Å²) in [6.45, 7) is 11.6. The Morgan fingerprint density at radius 1 is 0.933 bits per heavy atom. The zero-order valence-corrected chi connectivity index (χ0v) is 19.1. The second-order valence-electron chi connectivity index (χ2n) is 7.91. The van der Waals surface area contributed by atoms with Gasteiger partial charge in [-0.2, -0.15) is 0 Å². The molecule has 0 saturated carbocycles. The second-order valence-corrected chi connectivity index (χ2v) is 9.77. The van der Waals surface area contributed by atoms with Gasteiger partial charge < -0.3 is 9.80 Å². The highest BCUT2D eigenvalue weighted by Crippen LogP contribution is 2.26. The highest BCUT2D eigenvalue weighted by atomic mass is 32.2. The minimum absolute atomic E-state index is 0.167. The number of hydrogen-bond acceptors (Lipinski definition) is 4. The van der Waals surface area contributed by atoms with E-state index in [1.54, 1.807) is 35.2 Å². The number of nitrogens with zero attached hydrogens (tertiary/aromatic N) is 3. The third kappa shape index (κ3) is 4.84. The van der Waals surface area contributed by atoms with Crippen LogP contribution in [0.5, 0.6) is 0 Å². The molecule has 2 aromatic rings. The van der Waals surface area contributed by atoms with Crippen LogP contribution in [0.25, 0.3) is 0 Å². The van der Waals surface area contributed by atoms with E-state index in [4.69, 9.17) is 0 Å². The summed E-state index contributed by atoms with van der Waals surface area (Å²) in [5.41, 5.74) is 3.56. The van der Waals surface area contributed by atoms with Crippen molar-refractivity contribution >= 4 is 21.6 Å². The van der Waals surface area contributed by atoms with Gasteiger partial charge in [-0.1, -0.05) is 30.7 Å². The largest absolute Gasteiger partial charge is 0.339 e. The van der Waals surface area contributed by atoms with E-state index < -0.39 is 10.0 Å². The lowest BCUT2D eigenvalue weighted by molar-refractivity contribution is -0.131. The molecule has 162 valence electrons. The lowest BCUT2D eigenvalue weighted by Gasteiger charge is -2.35. The number of carbonyl (C=O) groups excluding carboxylic acids is 1. The Kier molecular flexibility index (Phi) is 6.83. The number of sulfonamides is 1. The van der Waals surface area contributed by atoms with Crippen LogP contribution in [-0.4, -0.2) is 63.4 Å². The van der Waals surface area contributed by atoms with Gasteiger partial charge in [-0.05, 0) is 62.7 Å². The Balaban J connectivity index is 1.92. The van der Waals surface area contributed by atoms with Crippen molar-refractivity contribution < 1.29 is 13.2 Å². The van der Waals surface area contributed by atoms with Gasteiger partial charge in [-0.15, -0.1) is 0 Å². The minimum Gasteiger partial charge on any atom is -0.339 e. The number of carbonyl (C=O) groups is 1. The van der Waals surface area contributed by atoms with Gasteiger partial charge in [0.25, 0.3) is 10.0 Å². The van der Waals surface area contributed by atoms with Crippen LogP contribution in [0.1, 0.15) is 23.6 Å². The van der Waals surface area contributed by atoms with Crippen molar-refractivity contribution in [3.05, 3.63) is 59.2 Å². The number of anilines is 1. The average Bonchev–Trinajstić information content (AvgIpc) is 2.74. The van der Waals surface area contributed by atoms with Crippen LogP contribution in [0.15, 0.2) is 47.4 Å². The smallest absolute Gasteiger partial charge is 0.264 e. The molecule has 30 heavy (non-hydrogen) atoms. The summed E-state index contributed by atoms with van der Waals surface area (Å²) < 4.78 is 28.3. The van der Waals surface area contributed by atoms with E-state index in [1.807, 2.05) is 32.9 Å². The van der Waals surface area contributed by atoms with Crippen LogP contribution in [-0.2, 0) is 14.8 Å². The maximum absolute atomic E-state index is 13.5. The number of likely N-dealkylation sites (N-methyl/N-ethyl adjacent to an activating group) is 1. The molecule has 0 bridgehead atoms. The molecule has 1 aliphatic rings. The van der Waals surface area contributed by atoms with E-state index in [2.05, 4.69) is 11.8 Å². The van der Waals surface area contributed by atoms with Crippen molar-refractivity contribution in [2.24, 2.45) is 0 Å². The van der Waals surface area contributed by atoms with Crippen molar-refractivity contribution in [3.63, 3.8) is 0 Å². The molecule has 1 saturated heterocycles. The number of amides is 1. The van der Waals surface area contributed by atoms with Crippen LogP contribution < -0.4 is 4.31 Å². The van der Waals surface area contributed by atoms with Crippen molar-refractivity contribution in [2.45, 2.75) is 32.6 Å². The van der Waals surface area contributed by atoms with Gasteiger partial charge in [0, 0.05) is 26.2 Å². The molecule has 0 aliphatic carbocycles. The molecule has 0 aromatic heterocycles. The molecule has 1 heterocycles. The standard InChI is InChI=1S/C23H31N3O3S/c1-5-24-12-14-25(15-13-24)23(27)17-26(21-9-8-19(3)20(4)16-21)30(28,29)22-10-6-18(2)7-11-22/h6-11,16H,5,12-15,17H2,1-4H3. The van der Waals surface area contributed by atoms with E-state index in [9.17, 15) is 13.2 Å². The van der Waals surface area contributed by atoms with Crippen molar-refractivity contribution in [3.8, 4) is 0 Å². The zero-order valence-electron chi connectivity index (χ0n) is 18.3. The monoisotopic (exact) mass is 429 g/mol. The summed E-state index contributed by atoms with van der Waals surface area (Å²) in [5.74, 6) is -0.167. The lowest BCUT2D eigenvalue weighted by atomic mass is 10.1. The molecule has 0 N–H and O–H groups in total. The number of hydrogen-bond donors (Lipinski definition) is 0. The van der Waals surface area contributed by atoms with E-state index in [0.717, 1.165) is 36.3 Å². The van der Waals surface area contributed by atoms with E-state index in [1.165, 1.54) is 4.31 Å². The summed E-state index contributed by atoms with van der Waals surface area (Å²) >= 11 is 0. The first-order valence-electron chi connectivity index (χ1n) is 10.4. The van der Waals surface area contributed by atoms with Gasteiger partial charge in [-0.3, -0.25) is 9.10 Å². The van der Waals surface area contributed by atoms with Crippen molar-refractivity contribution in [2.75, 3.05) is 43.6 Å². The number of benzene rings is 2. The normalized spacial score (nSPS) is 15.3. The average molecular weight is 430 g/mol. The molecule has 3 rings (SSSR count). The minimum atomic E-state index is -3.87. The van der Waals surface area contributed by atoms with Crippen LogP contribution in [0.4, 0.5) is 5.69 Å². The van der Waals surface area contributed by atoms with E-state index in [0.29, 0.717) is 18.8 Å². The number of aryl methyl sites for hydroxylation is 3. The third-order valence-electron chi connectivity index (χ3n) is 5.84. The van der Waals surface area contributed by atoms with E-state index in [-0.39, 0.29) is 17.3 Å². The molecular formula is C23H31N3O3S. The maximum atomic E-state index is 13.5. The second kappa shape index (κ2) is 9.18. The molecular weight excluding hydrogens is 398 g/mol.